The third-order valence-electron chi connectivity index (χ3n) is 7.05. The van der Waals surface area contributed by atoms with Crippen LogP contribution in [0.4, 0.5) is 13.2 Å². The van der Waals surface area contributed by atoms with E-state index >= 15 is 0 Å². The maximum Gasteiger partial charge on any atom is 0.328 e. The summed E-state index contributed by atoms with van der Waals surface area (Å²) in [4.78, 5) is 48.2. The van der Waals surface area contributed by atoms with Crippen molar-refractivity contribution < 1.29 is 42.6 Å². The molecule has 1 aromatic rings. The van der Waals surface area contributed by atoms with Crippen molar-refractivity contribution in [2.45, 2.75) is 51.1 Å². The van der Waals surface area contributed by atoms with E-state index in [1.54, 1.807) is 4.90 Å². The second kappa shape index (κ2) is 11.3. The van der Waals surface area contributed by atoms with Crippen LogP contribution in [0, 0.1) is 28.8 Å². The van der Waals surface area contributed by atoms with E-state index in [1.165, 1.54) is 0 Å². The number of rotatable bonds is 7. The molecular weight excluding hydrogens is 495 g/mol. The van der Waals surface area contributed by atoms with Crippen LogP contribution in [0.2, 0.25) is 0 Å². The third kappa shape index (κ3) is 7.09. The molecule has 2 heterocycles. The van der Waals surface area contributed by atoms with Crippen LogP contribution in [0.25, 0.3) is 0 Å². The molecule has 3 atom stereocenters. The standard InChI is InChI=1S/C21H26F3N3O2.C4H4O4/c1-21(3-4-21)20(29)26-10-12-2-5-27(18(12)11-26)19(28)8-14(25)6-13-7-16(23)17(24)9-15(13)22;5-3(6)1-2-4(7)8/h7,9,12,14,18H,2-6,8,10-11,25H2,1H3;1-2H,(H,5,6)(H,7,8)/b;2-1+/t12-,14+,18+;/m0./s1. The number of fused-ring (bicyclic) bond motifs is 1. The van der Waals surface area contributed by atoms with E-state index in [4.69, 9.17) is 15.9 Å². The summed E-state index contributed by atoms with van der Waals surface area (Å²) in [6, 6.07) is 0.584. The van der Waals surface area contributed by atoms with Gasteiger partial charge in [-0.15, -0.1) is 0 Å². The lowest BCUT2D eigenvalue weighted by atomic mass is 10.0. The molecule has 9 nitrogen and oxygen atoms in total. The molecule has 0 spiro atoms. The number of carbonyl (C=O) groups is 4. The van der Waals surface area contributed by atoms with Crippen LogP contribution in [0.1, 0.15) is 38.2 Å². The van der Waals surface area contributed by atoms with Crippen LogP contribution in [0.3, 0.4) is 0 Å². The average Bonchev–Trinajstić information content (AvgIpc) is 3.24. The van der Waals surface area contributed by atoms with Gasteiger partial charge in [-0.2, -0.15) is 0 Å². The van der Waals surface area contributed by atoms with Crippen LogP contribution in [-0.4, -0.2) is 75.5 Å². The zero-order valence-electron chi connectivity index (χ0n) is 20.3. The van der Waals surface area contributed by atoms with Crippen molar-refractivity contribution in [1.29, 1.82) is 0 Å². The Morgan fingerprint density at radius 3 is 2.22 bits per heavy atom. The number of benzene rings is 1. The van der Waals surface area contributed by atoms with Crippen molar-refractivity contribution in [2.24, 2.45) is 17.1 Å². The first-order chi connectivity index (χ1) is 17.3. The number of halogens is 3. The summed E-state index contributed by atoms with van der Waals surface area (Å²) < 4.78 is 40.3. The summed E-state index contributed by atoms with van der Waals surface area (Å²) in [5.74, 6) is -5.44. The number of hydrogen-bond donors (Lipinski definition) is 3. The molecule has 0 aromatic heterocycles. The predicted octanol–water partition coefficient (Wildman–Crippen LogP) is 1.93. The summed E-state index contributed by atoms with van der Waals surface area (Å²) in [7, 11) is 0. The van der Waals surface area contributed by atoms with Gasteiger partial charge in [-0.25, -0.2) is 22.8 Å². The maximum atomic E-state index is 13.8. The first-order valence-corrected chi connectivity index (χ1v) is 11.9. The van der Waals surface area contributed by atoms with Gasteiger partial charge < -0.3 is 25.7 Å². The molecule has 0 unspecified atom stereocenters. The highest BCUT2D eigenvalue weighted by molar-refractivity contribution is 5.89. The lowest BCUT2D eigenvalue weighted by Gasteiger charge is -2.27. The fraction of sp³-hybridized carbons (Fsp3) is 0.520. The molecule has 0 bridgehead atoms. The van der Waals surface area contributed by atoms with Crippen molar-refractivity contribution in [3.8, 4) is 0 Å². The normalized spacial score (nSPS) is 22.3. The number of carboxylic acid groups (broad SMARTS) is 2. The lowest BCUT2D eigenvalue weighted by Crippen LogP contribution is -2.43. The Morgan fingerprint density at radius 2 is 1.65 bits per heavy atom. The minimum atomic E-state index is -1.26. The number of aliphatic carboxylic acids is 2. The van der Waals surface area contributed by atoms with E-state index in [9.17, 15) is 32.3 Å². The summed E-state index contributed by atoms with van der Waals surface area (Å²) in [5, 5.41) is 15.6. The van der Waals surface area contributed by atoms with Crippen LogP contribution < -0.4 is 5.73 Å². The molecule has 3 aliphatic rings. The molecule has 202 valence electrons. The highest BCUT2D eigenvalue weighted by Gasteiger charge is 2.52. The highest BCUT2D eigenvalue weighted by atomic mass is 19.2. The van der Waals surface area contributed by atoms with Gasteiger partial charge in [0.1, 0.15) is 5.82 Å². The zero-order chi connectivity index (χ0) is 27.5. The van der Waals surface area contributed by atoms with Gasteiger partial charge in [0, 0.05) is 61.6 Å². The highest BCUT2D eigenvalue weighted by Crippen LogP contribution is 2.47. The van der Waals surface area contributed by atoms with Crippen molar-refractivity contribution in [2.75, 3.05) is 19.6 Å². The van der Waals surface area contributed by atoms with Crippen molar-refractivity contribution in [1.82, 2.24) is 9.80 Å². The fourth-order valence-electron chi connectivity index (χ4n) is 4.78. The molecule has 1 aromatic carbocycles. The maximum absolute atomic E-state index is 13.8. The predicted molar refractivity (Wildman–Crippen MR) is 125 cm³/mol. The smallest absolute Gasteiger partial charge is 0.328 e. The second-order valence-electron chi connectivity index (χ2n) is 10.0. The first-order valence-electron chi connectivity index (χ1n) is 11.9. The Balaban J connectivity index is 0.000000414. The van der Waals surface area contributed by atoms with E-state index in [1.807, 2.05) is 11.8 Å². The molecular formula is C25H30F3N3O6. The van der Waals surface area contributed by atoms with Gasteiger partial charge in [0.25, 0.3) is 0 Å². The van der Waals surface area contributed by atoms with Crippen LogP contribution in [0.15, 0.2) is 24.3 Å². The Bertz CT molecular complexity index is 1090. The van der Waals surface area contributed by atoms with Crippen LogP contribution in [-0.2, 0) is 25.6 Å². The molecule has 0 radical (unpaired) electrons. The molecule has 12 heteroatoms. The fourth-order valence-corrected chi connectivity index (χ4v) is 4.78. The average molecular weight is 526 g/mol. The molecule has 2 amide bonds. The molecule has 2 aliphatic heterocycles. The van der Waals surface area contributed by atoms with E-state index in [0.29, 0.717) is 37.9 Å². The molecule has 1 saturated carbocycles. The number of nitrogens with two attached hydrogens (primary N) is 1. The number of carbonyl (C=O) groups excluding carboxylic acids is 2. The van der Waals surface area contributed by atoms with Gasteiger partial charge in [-0.1, -0.05) is 6.92 Å². The summed E-state index contributed by atoms with van der Waals surface area (Å²) in [6.07, 6.45) is 3.76. The second-order valence-corrected chi connectivity index (χ2v) is 10.0. The Labute approximate surface area is 211 Å². The van der Waals surface area contributed by atoms with Gasteiger partial charge in [-0.05, 0) is 37.3 Å². The molecule has 3 fully saturated rings. The Kier molecular flexibility index (Phi) is 8.62. The number of nitrogens with zero attached hydrogens (tertiary/aromatic N) is 2. The molecule has 4 rings (SSSR count). The number of carboxylic acids is 2. The molecule has 4 N–H and O–H groups in total. The largest absolute Gasteiger partial charge is 0.478 e. The quantitative estimate of drug-likeness (QED) is 0.365. The molecule has 2 saturated heterocycles. The van der Waals surface area contributed by atoms with Crippen molar-refractivity contribution in [3.05, 3.63) is 47.3 Å². The zero-order valence-corrected chi connectivity index (χ0v) is 20.3. The van der Waals surface area contributed by atoms with Gasteiger partial charge in [0.15, 0.2) is 11.6 Å². The van der Waals surface area contributed by atoms with E-state index in [0.717, 1.165) is 25.3 Å². The summed E-state index contributed by atoms with van der Waals surface area (Å²) >= 11 is 0. The Morgan fingerprint density at radius 1 is 1.05 bits per heavy atom. The third-order valence-corrected chi connectivity index (χ3v) is 7.05. The topological polar surface area (TPSA) is 141 Å². The number of likely N-dealkylation sites (tertiary alicyclic amines) is 2. The van der Waals surface area contributed by atoms with E-state index < -0.39 is 35.4 Å². The minimum absolute atomic E-state index is 0.000928. The van der Waals surface area contributed by atoms with E-state index in [-0.39, 0.29) is 47.6 Å². The van der Waals surface area contributed by atoms with Crippen molar-refractivity contribution in [3.63, 3.8) is 0 Å². The molecule has 37 heavy (non-hydrogen) atoms. The van der Waals surface area contributed by atoms with Gasteiger partial charge in [0.05, 0.1) is 6.04 Å². The van der Waals surface area contributed by atoms with Gasteiger partial charge >= 0.3 is 11.9 Å². The minimum Gasteiger partial charge on any atom is -0.478 e. The van der Waals surface area contributed by atoms with Crippen LogP contribution in [0.5, 0.6) is 0 Å². The van der Waals surface area contributed by atoms with E-state index in [2.05, 4.69) is 0 Å². The number of hydrogen-bond acceptors (Lipinski definition) is 5. The van der Waals surface area contributed by atoms with Crippen LogP contribution >= 0.6 is 0 Å². The first kappa shape index (κ1) is 28.2. The summed E-state index contributed by atoms with van der Waals surface area (Å²) in [5.41, 5.74) is 5.75. The lowest BCUT2D eigenvalue weighted by molar-refractivity contribution is -0.137. The monoisotopic (exact) mass is 525 g/mol. The SMILES string of the molecule is CC1(C(=O)N2C[C@@H]3CCN(C(=O)C[C@H](N)Cc4cc(F)c(F)cc4F)[C@@H]3C2)CC1.O=C(O)/C=C/C(=O)O. The van der Waals surface area contributed by atoms with Gasteiger partial charge in [0.2, 0.25) is 11.8 Å². The Hall–Kier alpha value is -3.41. The number of amides is 2. The molecule has 1 aliphatic carbocycles. The van der Waals surface area contributed by atoms with Gasteiger partial charge in [-0.3, -0.25) is 9.59 Å². The summed E-state index contributed by atoms with van der Waals surface area (Å²) in [6.45, 7) is 3.86. The van der Waals surface area contributed by atoms with Crippen molar-refractivity contribution >= 4 is 23.8 Å².